The van der Waals surface area contributed by atoms with Crippen molar-refractivity contribution in [3.63, 3.8) is 0 Å². The normalized spacial score (nSPS) is 15.1. The lowest BCUT2D eigenvalue weighted by Crippen LogP contribution is -2.14. The molecule has 1 aromatic heterocycles. The standard InChI is InChI=1S/C18H21NO3/c1-2-13-7-9-14(10-8-13)17-11-16(22-19-17)12-21-18(20)15-5-3-4-6-15/h7-11,15H,2-6,12H2,1H3. The van der Waals surface area contributed by atoms with Crippen LogP contribution in [0.25, 0.3) is 11.3 Å². The van der Waals surface area contributed by atoms with Gasteiger partial charge in [0.05, 0.1) is 5.92 Å². The highest BCUT2D eigenvalue weighted by atomic mass is 16.5. The van der Waals surface area contributed by atoms with Crippen LogP contribution < -0.4 is 0 Å². The quantitative estimate of drug-likeness (QED) is 0.779. The summed E-state index contributed by atoms with van der Waals surface area (Å²) in [6.45, 7) is 2.29. The van der Waals surface area contributed by atoms with Crippen LogP contribution in [0.5, 0.6) is 0 Å². The molecule has 1 aliphatic carbocycles. The van der Waals surface area contributed by atoms with Gasteiger partial charge in [-0.25, -0.2) is 0 Å². The smallest absolute Gasteiger partial charge is 0.309 e. The minimum atomic E-state index is -0.109. The second-order valence-corrected chi connectivity index (χ2v) is 5.82. The molecule has 3 rings (SSSR count). The molecule has 4 nitrogen and oxygen atoms in total. The first-order valence-corrected chi connectivity index (χ1v) is 7.98. The van der Waals surface area contributed by atoms with E-state index < -0.39 is 0 Å². The van der Waals surface area contributed by atoms with Gasteiger partial charge in [-0.3, -0.25) is 4.79 Å². The average molecular weight is 299 g/mol. The first-order valence-electron chi connectivity index (χ1n) is 7.98. The molecule has 2 aromatic rings. The summed E-state index contributed by atoms with van der Waals surface area (Å²) in [5.74, 6) is 0.549. The Morgan fingerprint density at radius 2 is 2.00 bits per heavy atom. The zero-order valence-corrected chi connectivity index (χ0v) is 12.9. The van der Waals surface area contributed by atoms with Crippen LogP contribution in [0.3, 0.4) is 0 Å². The van der Waals surface area contributed by atoms with Crippen LogP contribution in [0, 0.1) is 5.92 Å². The predicted octanol–water partition coefficient (Wildman–Crippen LogP) is 4.14. The van der Waals surface area contributed by atoms with E-state index in [1.165, 1.54) is 5.56 Å². The number of rotatable bonds is 5. The number of hydrogen-bond acceptors (Lipinski definition) is 4. The number of esters is 1. The van der Waals surface area contributed by atoms with Gasteiger partial charge >= 0.3 is 5.97 Å². The third-order valence-electron chi connectivity index (χ3n) is 4.26. The van der Waals surface area contributed by atoms with Gasteiger partial charge in [-0.15, -0.1) is 0 Å². The van der Waals surface area contributed by atoms with Gasteiger partial charge in [-0.05, 0) is 24.8 Å². The Kier molecular flexibility index (Phi) is 4.56. The highest BCUT2D eigenvalue weighted by Crippen LogP contribution is 2.26. The summed E-state index contributed by atoms with van der Waals surface area (Å²) in [4.78, 5) is 11.9. The maximum atomic E-state index is 11.9. The van der Waals surface area contributed by atoms with Gasteiger partial charge in [0.25, 0.3) is 0 Å². The molecule has 0 N–H and O–H groups in total. The minimum Gasteiger partial charge on any atom is -0.457 e. The first kappa shape index (κ1) is 14.8. The van der Waals surface area contributed by atoms with Crippen molar-refractivity contribution in [3.8, 4) is 11.3 Å². The van der Waals surface area contributed by atoms with Crippen LogP contribution in [-0.2, 0) is 22.6 Å². The van der Waals surface area contributed by atoms with Crippen LogP contribution in [0.1, 0.15) is 43.9 Å². The Bertz CT molecular complexity index is 624. The molecule has 116 valence electrons. The summed E-state index contributed by atoms with van der Waals surface area (Å²) < 4.78 is 10.6. The molecule has 0 spiro atoms. The molecule has 4 heteroatoms. The lowest BCUT2D eigenvalue weighted by Gasteiger charge is -2.07. The highest BCUT2D eigenvalue weighted by Gasteiger charge is 2.24. The molecule has 0 aliphatic heterocycles. The van der Waals surface area contributed by atoms with Crippen molar-refractivity contribution >= 4 is 5.97 Å². The van der Waals surface area contributed by atoms with Crippen molar-refractivity contribution in [2.24, 2.45) is 5.92 Å². The monoisotopic (exact) mass is 299 g/mol. The Hall–Kier alpha value is -2.10. The fourth-order valence-corrected chi connectivity index (χ4v) is 2.85. The molecule has 0 saturated heterocycles. The van der Waals surface area contributed by atoms with Crippen LogP contribution >= 0.6 is 0 Å². The van der Waals surface area contributed by atoms with Crippen molar-refractivity contribution in [1.29, 1.82) is 0 Å². The molecule has 22 heavy (non-hydrogen) atoms. The molecular formula is C18H21NO3. The first-order chi connectivity index (χ1) is 10.8. The highest BCUT2D eigenvalue weighted by molar-refractivity contribution is 5.72. The van der Waals surface area contributed by atoms with Crippen LogP contribution in [0.4, 0.5) is 0 Å². The molecule has 0 bridgehead atoms. The Labute approximate surface area is 130 Å². The fraction of sp³-hybridized carbons (Fsp3) is 0.444. The number of hydrogen-bond donors (Lipinski definition) is 0. The predicted molar refractivity (Wildman–Crippen MR) is 83.1 cm³/mol. The molecule has 1 aliphatic rings. The van der Waals surface area contributed by atoms with E-state index in [-0.39, 0.29) is 18.5 Å². The molecule has 0 unspecified atom stereocenters. The number of aromatic nitrogens is 1. The maximum absolute atomic E-state index is 11.9. The molecule has 0 atom stereocenters. The van der Waals surface area contributed by atoms with E-state index in [1.54, 1.807) is 0 Å². The van der Waals surface area contributed by atoms with E-state index in [4.69, 9.17) is 9.26 Å². The van der Waals surface area contributed by atoms with E-state index in [0.717, 1.165) is 43.4 Å². The summed E-state index contributed by atoms with van der Waals surface area (Å²) >= 11 is 0. The van der Waals surface area contributed by atoms with Gasteiger partial charge in [-0.2, -0.15) is 0 Å². The van der Waals surface area contributed by atoms with E-state index in [2.05, 4.69) is 24.2 Å². The SMILES string of the molecule is CCc1ccc(-c2cc(COC(=O)C3CCCC3)on2)cc1. The zero-order valence-electron chi connectivity index (χ0n) is 12.9. The fourth-order valence-electron chi connectivity index (χ4n) is 2.85. The summed E-state index contributed by atoms with van der Waals surface area (Å²) in [7, 11) is 0. The van der Waals surface area contributed by atoms with Gasteiger partial charge in [0.1, 0.15) is 5.69 Å². The van der Waals surface area contributed by atoms with Gasteiger partial charge in [0.2, 0.25) is 0 Å². The summed E-state index contributed by atoms with van der Waals surface area (Å²) in [5, 5.41) is 4.05. The number of carbonyl (C=O) groups is 1. The van der Waals surface area contributed by atoms with E-state index in [1.807, 2.05) is 18.2 Å². The summed E-state index contributed by atoms with van der Waals surface area (Å²) in [5.41, 5.74) is 3.07. The maximum Gasteiger partial charge on any atom is 0.309 e. The Morgan fingerprint density at radius 3 is 2.68 bits per heavy atom. The van der Waals surface area contributed by atoms with E-state index >= 15 is 0 Å². The molecular weight excluding hydrogens is 278 g/mol. The molecule has 0 amide bonds. The number of benzene rings is 1. The van der Waals surface area contributed by atoms with Crippen molar-refractivity contribution in [2.75, 3.05) is 0 Å². The average Bonchev–Trinajstić information content (AvgIpc) is 3.24. The third kappa shape index (κ3) is 3.38. The molecule has 1 aromatic carbocycles. The number of carbonyl (C=O) groups excluding carboxylic acids is 1. The van der Waals surface area contributed by atoms with Gasteiger partial charge in [0.15, 0.2) is 12.4 Å². The van der Waals surface area contributed by atoms with Crippen molar-refractivity contribution < 1.29 is 14.1 Å². The molecule has 1 saturated carbocycles. The summed E-state index contributed by atoms with van der Waals surface area (Å²) in [6, 6.07) is 10.1. The lowest BCUT2D eigenvalue weighted by atomic mass is 10.1. The number of aryl methyl sites for hydroxylation is 1. The van der Waals surface area contributed by atoms with Crippen LogP contribution in [-0.4, -0.2) is 11.1 Å². The van der Waals surface area contributed by atoms with E-state index in [0.29, 0.717) is 5.76 Å². The van der Waals surface area contributed by atoms with Crippen molar-refractivity contribution in [1.82, 2.24) is 5.16 Å². The van der Waals surface area contributed by atoms with Crippen LogP contribution in [0.2, 0.25) is 0 Å². The van der Waals surface area contributed by atoms with Crippen molar-refractivity contribution in [3.05, 3.63) is 41.7 Å². The largest absolute Gasteiger partial charge is 0.457 e. The van der Waals surface area contributed by atoms with Gasteiger partial charge < -0.3 is 9.26 Å². The molecule has 0 radical (unpaired) electrons. The van der Waals surface area contributed by atoms with E-state index in [9.17, 15) is 4.79 Å². The molecule has 1 heterocycles. The summed E-state index contributed by atoms with van der Waals surface area (Å²) in [6.07, 6.45) is 5.16. The third-order valence-corrected chi connectivity index (χ3v) is 4.26. The second kappa shape index (κ2) is 6.77. The Balaban J connectivity index is 1.59. The number of ether oxygens (including phenoxy) is 1. The number of nitrogens with zero attached hydrogens (tertiary/aromatic N) is 1. The topological polar surface area (TPSA) is 52.3 Å². The van der Waals surface area contributed by atoms with Crippen LogP contribution in [0.15, 0.2) is 34.9 Å². The second-order valence-electron chi connectivity index (χ2n) is 5.82. The van der Waals surface area contributed by atoms with Gasteiger partial charge in [0, 0.05) is 11.6 Å². The molecule has 1 fully saturated rings. The Morgan fingerprint density at radius 1 is 1.27 bits per heavy atom. The minimum absolute atomic E-state index is 0.0731. The van der Waals surface area contributed by atoms with Crippen molar-refractivity contribution in [2.45, 2.75) is 45.6 Å². The lowest BCUT2D eigenvalue weighted by molar-refractivity contribution is -0.150. The zero-order chi connectivity index (χ0) is 15.4. The van der Waals surface area contributed by atoms with Gasteiger partial charge in [-0.1, -0.05) is 49.2 Å².